The van der Waals surface area contributed by atoms with Crippen molar-refractivity contribution in [2.45, 2.75) is 64.2 Å². The maximum atomic E-state index is 13.3. The highest BCUT2D eigenvalue weighted by atomic mass is 16.2. The Labute approximate surface area is 232 Å². The molecule has 4 heterocycles. The number of carbonyl (C=O) groups is 2. The molecule has 1 atom stereocenters. The fourth-order valence-electron chi connectivity index (χ4n) is 7.48. The molecule has 0 N–H and O–H groups in total. The van der Waals surface area contributed by atoms with Crippen molar-refractivity contribution in [3.63, 3.8) is 0 Å². The normalized spacial score (nSPS) is 22.8. The van der Waals surface area contributed by atoms with Crippen molar-refractivity contribution in [1.82, 2.24) is 24.7 Å². The number of aromatic nitrogens is 2. The Morgan fingerprint density at radius 1 is 0.949 bits per heavy atom. The van der Waals surface area contributed by atoms with Crippen LogP contribution < -0.4 is 0 Å². The van der Waals surface area contributed by atoms with Gasteiger partial charge < -0.3 is 14.7 Å². The van der Waals surface area contributed by atoms with E-state index in [9.17, 15) is 9.59 Å². The summed E-state index contributed by atoms with van der Waals surface area (Å²) in [5, 5.41) is 0. The van der Waals surface area contributed by atoms with Crippen LogP contribution in [0.3, 0.4) is 0 Å². The van der Waals surface area contributed by atoms with E-state index in [1.807, 2.05) is 18.7 Å². The van der Waals surface area contributed by atoms with E-state index in [0.29, 0.717) is 23.9 Å². The Morgan fingerprint density at radius 2 is 1.64 bits per heavy atom. The molecule has 0 radical (unpaired) electrons. The molecule has 2 aromatic rings. The number of likely N-dealkylation sites (tertiary alicyclic amines) is 2. The monoisotopic (exact) mass is 527 g/mol. The molecule has 2 amide bonds. The van der Waals surface area contributed by atoms with E-state index in [1.165, 1.54) is 30.3 Å². The predicted octanol–water partition coefficient (Wildman–Crippen LogP) is 4.51. The topological polar surface area (TPSA) is 69.6 Å². The van der Waals surface area contributed by atoms with E-state index in [1.54, 1.807) is 0 Å². The van der Waals surface area contributed by atoms with Crippen LogP contribution in [0.1, 0.15) is 72.3 Å². The lowest BCUT2D eigenvalue weighted by atomic mass is 9.70. The molecular weight excluding hydrogens is 486 g/mol. The first-order valence-corrected chi connectivity index (χ1v) is 14.8. The maximum absolute atomic E-state index is 13.3. The molecule has 1 aliphatic carbocycles. The molecule has 7 nitrogen and oxygen atoms in total. The van der Waals surface area contributed by atoms with E-state index in [-0.39, 0.29) is 17.2 Å². The molecule has 4 aliphatic rings. The zero-order valence-corrected chi connectivity index (χ0v) is 23.4. The lowest BCUT2D eigenvalue weighted by molar-refractivity contribution is -0.137. The van der Waals surface area contributed by atoms with Crippen molar-refractivity contribution in [3.8, 4) is 0 Å². The minimum absolute atomic E-state index is 0.0504. The van der Waals surface area contributed by atoms with Crippen LogP contribution in [0.4, 0.5) is 0 Å². The number of hydrogen-bond acceptors (Lipinski definition) is 5. The van der Waals surface area contributed by atoms with E-state index >= 15 is 0 Å². The minimum Gasteiger partial charge on any atom is -0.377 e. The molecule has 39 heavy (non-hydrogen) atoms. The Hall–Kier alpha value is -3.22. The third-order valence-electron chi connectivity index (χ3n) is 9.87. The first kappa shape index (κ1) is 26.0. The van der Waals surface area contributed by atoms with Crippen molar-refractivity contribution in [2.24, 2.45) is 11.8 Å². The highest BCUT2D eigenvalue weighted by Crippen LogP contribution is 2.41. The molecule has 0 spiro atoms. The minimum atomic E-state index is 0.0504. The quantitative estimate of drug-likeness (QED) is 0.553. The molecule has 1 unspecified atom stereocenters. The number of carbonyl (C=O) groups excluding carboxylic acids is 2. The van der Waals surface area contributed by atoms with Gasteiger partial charge in [-0.1, -0.05) is 43.2 Å². The van der Waals surface area contributed by atoms with Gasteiger partial charge in [0.2, 0.25) is 5.91 Å². The molecule has 3 aliphatic heterocycles. The molecule has 1 saturated carbocycles. The fourth-order valence-corrected chi connectivity index (χ4v) is 7.48. The smallest absolute Gasteiger partial charge is 0.257 e. The van der Waals surface area contributed by atoms with Crippen molar-refractivity contribution in [2.75, 3.05) is 39.3 Å². The van der Waals surface area contributed by atoms with Gasteiger partial charge in [0, 0.05) is 62.7 Å². The Bertz CT molecular complexity index is 1220. The molecule has 3 fully saturated rings. The van der Waals surface area contributed by atoms with Crippen molar-refractivity contribution < 1.29 is 9.59 Å². The third kappa shape index (κ3) is 5.08. The van der Waals surface area contributed by atoms with Gasteiger partial charge >= 0.3 is 0 Å². The van der Waals surface area contributed by atoms with Gasteiger partial charge in [-0.2, -0.15) is 0 Å². The molecule has 0 bridgehead atoms. The Kier molecular flexibility index (Phi) is 7.17. The highest BCUT2D eigenvalue weighted by molar-refractivity contribution is 5.96. The average Bonchev–Trinajstić information content (AvgIpc) is 3.70. The number of fused-ring (bicyclic) bond motifs is 1. The van der Waals surface area contributed by atoms with Gasteiger partial charge in [-0.3, -0.25) is 9.59 Å². The Morgan fingerprint density at radius 3 is 2.31 bits per heavy atom. The van der Waals surface area contributed by atoms with Gasteiger partial charge in [0.05, 0.1) is 17.0 Å². The van der Waals surface area contributed by atoms with Crippen molar-refractivity contribution in [1.29, 1.82) is 0 Å². The zero-order valence-electron chi connectivity index (χ0n) is 23.4. The second kappa shape index (κ2) is 10.7. The standard InChI is InChI=1S/C32H41N5O2/c1-23-29(24(2)34-22-33-23)31(39)37-20-26-18-35(19-27(26)21-37)15-12-32(28-10-4-3-5-11-28)13-16-36(17-14-32)30(38)25-8-6-7-9-25/h3-5,10-11,18,22,25,27H,6-9,12-17,19-21H2,1-2H3. The zero-order chi connectivity index (χ0) is 27.0. The van der Waals surface area contributed by atoms with Gasteiger partial charge in [-0.15, -0.1) is 0 Å². The maximum Gasteiger partial charge on any atom is 0.257 e. The van der Waals surface area contributed by atoms with Crippen LogP contribution in [0.25, 0.3) is 0 Å². The summed E-state index contributed by atoms with van der Waals surface area (Å²) in [6.07, 6.45) is 11.6. The van der Waals surface area contributed by atoms with Gasteiger partial charge in [0.25, 0.3) is 5.91 Å². The summed E-state index contributed by atoms with van der Waals surface area (Å²) in [4.78, 5) is 41.5. The summed E-state index contributed by atoms with van der Waals surface area (Å²) in [5.74, 6) is 1.11. The van der Waals surface area contributed by atoms with Crippen LogP contribution in [0.15, 0.2) is 48.4 Å². The number of rotatable bonds is 6. The average molecular weight is 528 g/mol. The first-order chi connectivity index (χ1) is 18.9. The highest BCUT2D eigenvalue weighted by Gasteiger charge is 2.41. The fraction of sp³-hybridized carbons (Fsp3) is 0.562. The van der Waals surface area contributed by atoms with Crippen LogP contribution in [-0.4, -0.2) is 75.8 Å². The summed E-state index contributed by atoms with van der Waals surface area (Å²) < 4.78 is 0. The number of nitrogens with zero attached hydrogens (tertiary/aromatic N) is 5. The lowest BCUT2D eigenvalue weighted by Gasteiger charge is -2.44. The van der Waals surface area contributed by atoms with Crippen LogP contribution in [-0.2, 0) is 10.2 Å². The second-order valence-electron chi connectivity index (χ2n) is 12.2. The predicted molar refractivity (Wildman–Crippen MR) is 151 cm³/mol. The molecule has 2 saturated heterocycles. The summed E-state index contributed by atoms with van der Waals surface area (Å²) in [5.41, 5.74) is 5.04. The number of aryl methyl sites for hydroxylation is 2. The molecule has 206 valence electrons. The summed E-state index contributed by atoms with van der Waals surface area (Å²) >= 11 is 0. The van der Waals surface area contributed by atoms with Crippen molar-refractivity contribution in [3.05, 3.63) is 70.9 Å². The van der Waals surface area contributed by atoms with Crippen molar-refractivity contribution >= 4 is 11.8 Å². The van der Waals surface area contributed by atoms with E-state index in [0.717, 1.165) is 76.2 Å². The molecular formula is C32H41N5O2. The van der Waals surface area contributed by atoms with Gasteiger partial charge in [0.1, 0.15) is 6.33 Å². The van der Waals surface area contributed by atoms with Crippen LogP contribution >= 0.6 is 0 Å². The van der Waals surface area contributed by atoms with E-state index in [4.69, 9.17) is 0 Å². The third-order valence-corrected chi connectivity index (χ3v) is 9.87. The largest absolute Gasteiger partial charge is 0.377 e. The molecule has 1 aromatic carbocycles. The SMILES string of the molecule is Cc1ncnc(C)c1C(=O)N1CC2=CN(CCC3(c4ccccc4)CCN(C(=O)C4CCCC4)CC3)CC2C1. The first-order valence-electron chi connectivity index (χ1n) is 14.8. The van der Waals surface area contributed by atoms with Crippen LogP contribution in [0.5, 0.6) is 0 Å². The summed E-state index contributed by atoms with van der Waals surface area (Å²) in [6.45, 7) is 8.94. The second-order valence-corrected chi connectivity index (χ2v) is 12.2. The molecule has 6 rings (SSSR count). The number of amides is 2. The van der Waals surface area contributed by atoms with Crippen LogP contribution in [0.2, 0.25) is 0 Å². The molecule has 7 heteroatoms. The van der Waals surface area contributed by atoms with Gasteiger partial charge in [0.15, 0.2) is 0 Å². The number of benzene rings is 1. The van der Waals surface area contributed by atoms with Gasteiger partial charge in [-0.05, 0) is 57.1 Å². The number of hydrogen-bond donors (Lipinski definition) is 0. The number of piperidine rings is 1. The van der Waals surface area contributed by atoms with E-state index in [2.05, 4.69) is 56.3 Å². The lowest BCUT2D eigenvalue weighted by Crippen LogP contribution is -2.47. The molecule has 1 aromatic heterocycles. The Balaban J connectivity index is 1.10. The van der Waals surface area contributed by atoms with E-state index < -0.39 is 0 Å². The summed E-state index contributed by atoms with van der Waals surface area (Å²) in [6, 6.07) is 11.0. The van der Waals surface area contributed by atoms with Crippen LogP contribution in [0, 0.1) is 25.7 Å². The summed E-state index contributed by atoms with van der Waals surface area (Å²) in [7, 11) is 0. The van der Waals surface area contributed by atoms with Gasteiger partial charge in [-0.25, -0.2) is 9.97 Å².